The zero-order chi connectivity index (χ0) is 27.5. The molecule has 1 aliphatic heterocycles. The number of urea groups is 1. The number of amidine groups is 1. The predicted molar refractivity (Wildman–Crippen MR) is 148 cm³/mol. The van der Waals surface area contributed by atoms with Crippen molar-refractivity contribution >= 4 is 33.3 Å². The topological polar surface area (TPSA) is 149 Å². The van der Waals surface area contributed by atoms with Crippen LogP contribution in [0.4, 0.5) is 16.2 Å². The molecule has 0 unspecified atom stereocenters. The van der Waals surface area contributed by atoms with E-state index in [1.165, 1.54) is 37.1 Å². The molecule has 3 rings (SSSR count). The van der Waals surface area contributed by atoms with E-state index in [0.29, 0.717) is 17.2 Å². The average Bonchev–Trinajstić information content (AvgIpc) is 2.92. The maximum absolute atomic E-state index is 12.7. The highest BCUT2D eigenvalue weighted by Crippen LogP contribution is 2.19. The summed E-state index contributed by atoms with van der Waals surface area (Å²) in [6.07, 6.45) is 2.36. The monoisotopic (exact) mass is 546 g/mol. The predicted octanol–water partition coefficient (Wildman–Crippen LogP) is 2.05. The zero-order valence-electron chi connectivity index (χ0n) is 21.8. The summed E-state index contributed by atoms with van der Waals surface area (Å²) in [5.74, 6) is 0.428. The number of hydrogen-bond acceptors (Lipinski definition) is 7. The normalized spacial score (nSPS) is 14.5. The molecule has 0 aliphatic carbocycles. The van der Waals surface area contributed by atoms with Gasteiger partial charge in [-0.2, -0.15) is 4.31 Å². The number of anilines is 2. The van der Waals surface area contributed by atoms with Gasteiger partial charge >= 0.3 is 6.03 Å². The summed E-state index contributed by atoms with van der Waals surface area (Å²) >= 11 is 0. The third-order valence-electron chi connectivity index (χ3n) is 6.36. The summed E-state index contributed by atoms with van der Waals surface area (Å²) in [5, 5.41) is 32.3. The minimum absolute atomic E-state index is 0.0113. The maximum Gasteiger partial charge on any atom is 0.323 e. The average molecular weight is 547 g/mol. The number of aliphatic hydroxyl groups excluding tert-OH is 2. The van der Waals surface area contributed by atoms with Crippen LogP contribution in [-0.2, 0) is 10.0 Å². The Morgan fingerprint density at radius 3 is 2.21 bits per heavy atom. The first-order valence-electron chi connectivity index (χ1n) is 12.8. The Labute approximate surface area is 224 Å². The van der Waals surface area contributed by atoms with Gasteiger partial charge in [-0.05, 0) is 49.4 Å². The summed E-state index contributed by atoms with van der Waals surface area (Å²) < 4.78 is 26.5. The molecule has 1 fully saturated rings. The van der Waals surface area contributed by atoms with Crippen LogP contribution in [0, 0.1) is 5.41 Å². The molecule has 0 atom stereocenters. The summed E-state index contributed by atoms with van der Waals surface area (Å²) in [6.45, 7) is 5.75. The van der Waals surface area contributed by atoms with E-state index < -0.39 is 16.1 Å². The van der Waals surface area contributed by atoms with Gasteiger partial charge in [0.2, 0.25) is 10.0 Å². The molecule has 0 radical (unpaired) electrons. The van der Waals surface area contributed by atoms with E-state index >= 15 is 0 Å². The zero-order valence-corrected chi connectivity index (χ0v) is 22.6. The Hall–Kier alpha value is -3.03. The number of rotatable bonds is 12. The standard InChI is InChI=1S/C26H38N6O5S/c1-2-3-11-30-12-14-31(15-13-30)25(27)21-5-4-6-23(20-21)29-26(35)28-22-7-9-24(10-8-22)38(36,37)32(16-18-33)17-19-34/h4-10,20,27,33-34H,2-3,11-19H2,1H3,(H2,28,29,35). The smallest absolute Gasteiger partial charge is 0.323 e. The third kappa shape index (κ3) is 7.98. The van der Waals surface area contributed by atoms with Crippen molar-refractivity contribution < 1.29 is 23.4 Å². The number of hydrogen-bond donors (Lipinski definition) is 5. The number of aliphatic hydroxyl groups is 2. The van der Waals surface area contributed by atoms with Crippen LogP contribution in [0.15, 0.2) is 53.4 Å². The molecule has 1 heterocycles. The fraction of sp³-hybridized carbons (Fsp3) is 0.462. The van der Waals surface area contributed by atoms with Crippen LogP contribution < -0.4 is 10.6 Å². The second-order valence-electron chi connectivity index (χ2n) is 9.07. The van der Waals surface area contributed by atoms with E-state index in [1.54, 1.807) is 18.2 Å². The number of piperazine rings is 1. The van der Waals surface area contributed by atoms with E-state index in [0.717, 1.165) is 42.6 Å². The van der Waals surface area contributed by atoms with Gasteiger partial charge in [0.05, 0.1) is 18.1 Å². The molecule has 0 bridgehead atoms. The van der Waals surface area contributed by atoms with Crippen LogP contribution >= 0.6 is 0 Å². The molecule has 5 N–H and O–H groups in total. The molecule has 1 saturated heterocycles. The third-order valence-corrected chi connectivity index (χ3v) is 8.27. The fourth-order valence-corrected chi connectivity index (χ4v) is 5.65. The molecule has 0 saturated carbocycles. The Kier molecular flexibility index (Phi) is 11.0. The van der Waals surface area contributed by atoms with Gasteiger partial charge in [0.1, 0.15) is 5.84 Å². The molecule has 0 spiro atoms. The van der Waals surface area contributed by atoms with E-state index in [-0.39, 0.29) is 31.2 Å². The van der Waals surface area contributed by atoms with Crippen molar-refractivity contribution in [3.05, 3.63) is 54.1 Å². The molecule has 2 aromatic rings. The van der Waals surface area contributed by atoms with Crippen molar-refractivity contribution in [1.29, 1.82) is 5.41 Å². The second-order valence-corrected chi connectivity index (χ2v) is 11.0. The molecule has 38 heavy (non-hydrogen) atoms. The van der Waals surface area contributed by atoms with Crippen LogP contribution in [0.25, 0.3) is 0 Å². The van der Waals surface area contributed by atoms with E-state index in [2.05, 4.69) is 27.4 Å². The molecule has 0 aromatic heterocycles. The van der Waals surface area contributed by atoms with Gasteiger partial charge in [0.15, 0.2) is 0 Å². The van der Waals surface area contributed by atoms with Gasteiger partial charge < -0.3 is 25.7 Å². The lowest BCUT2D eigenvalue weighted by atomic mass is 10.1. The van der Waals surface area contributed by atoms with Gasteiger partial charge in [0, 0.05) is 56.2 Å². The van der Waals surface area contributed by atoms with Crippen molar-refractivity contribution in [2.45, 2.75) is 24.7 Å². The number of carbonyl (C=O) groups excluding carboxylic acids is 1. The molecule has 2 aromatic carbocycles. The van der Waals surface area contributed by atoms with E-state index in [1.807, 2.05) is 6.07 Å². The summed E-state index contributed by atoms with van der Waals surface area (Å²) in [6, 6.07) is 12.3. The number of sulfonamides is 1. The molecule has 2 amide bonds. The Bertz CT molecular complexity index is 1160. The Morgan fingerprint density at radius 2 is 1.61 bits per heavy atom. The lowest BCUT2D eigenvalue weighted by Gasteiger charge is -2.36. The van der Waals surface area contributed by atoms with E-state index in [9.17, 15) is 13.2 Å². The molecule has 11 nitrogen and oxygen atoms in total. The highest BCUT2D eigenvalue weighted by molar-refractivity contribution is 7.89. The van der Waals surface area contributed by atoms with Crippen molar-refractivity contribution in [3.8, 4) is 0 Å². The SMILES string of the molecule is CCCCN1CCN(C(=N)c2cccc(NC(=O)Nc3ccc(S(=O)(=O)N(CCO)CCO)cc3)c2)CC1. The lowest BCUT2D eigenvalue weighted by Crippen LogP contribution is -2.48. The minimum atomic E-state index is -3.89. The Balaban J connectivity index is 1.57. The molecule has 12 heteroatoms. The first-order chi connectivity index (χ1) is 18.3. The number of amides is 2. The largest absolute Gasteiger partial charge is 0.395 e. The molecule has 208 valence electrons. The quantitative estimate of drug-likeness (QED) is 0.202. The molecular formula is C26H38N6O5S. The summed E-state index contributed by atoms with van der Waals surface area (Å²) in [5.41, 5.74) is 1.64. The highest BCUT2D eigenvalue weighted by Gasteiger charge is 2.24. The van der Waals surface area contributed by atoms with Crippen LogP contribution in [0.3, 0.4) is 0 Å². The van der Waals surface area contributed by atoms with Crippen molar-refractivity contribution in [1.82, 2.24) is 14.1 Å². The van der Waals surface area contributed by atoms with Gasteiger partial charge in [-0.25, -0.2) is 13.2 Å². The van der Waals surface area contributed by atoms with Crippen LogP contribution in [0.5, 0.6) is 0 Å². The van der Waals surface area contributed by atoms with Crippen LogP contribution in [-0.4, -0.2) is 104 Å². The highest BCUT2D eigenvalue weighted by atomic mass is 32.2. The van der Waals surface area contributed by atoms with Gasteiger partial charge in [-0.1, -0.05) is 25.5 Å². The fourth-order valence-electron chi connectivity index (χ4n) is 4.23. The molecular weight excluding hydrogens is 508 g/mol. The van der Waals surface area contributed by atoms with Gasteiger partial charge in [-0.15, -0.1) is 0 Å². The maximum atomic E-state index is 12.7. The number of carbonyl (C=O) groups is 1. The number of benzene rings is 2. The molecule has 1 aliphatic rings. The van der Waals surface area contributed by atoms with Gasteiger partial charge in [-0.3, -0.25) is 10.3 Å². The van der Waals surface area contributed by atoms with Crippen molar-refractivity contribution in [3.63, 3.8) is 0 Å². The minimum Gasteiger partial charge on any atom is -0.395 e. The van der Waals surface area contributed by atoms with Crippen molar-refractivity contribution in [2.24, 2.45) is 0 Å². The Morgan fingerprint density at radius 1 is 0.974 bits per heavy atom. The first-order valence-corrected chi connectivity index (χ1v) is 14.3. The summed E-state index contributed by atoms with van der Waals surface area (Å²) in [4.78, 5) is 17.0. The number of nitrogens with one attached hydrogen (secondary N) is 3. The number of nitrogens with zero attached hydrogens (tertiary/aromatic N) is 3. The van der Waals surface area contributed by atoms with Crippen LogP contribution in [0.1, 0.15) is 25.3 Å². The van der Waals surface area contributed by atoms with E-state index in [4.69, 9.17) is 15.6 Å². The van der Waals surface area contributed by atoms with Gasteiger partial charge in [0.25, 0.3) is 0 Å². The number of unbranched alkanes of at least 4 members (excludes halogenated alkanes) is 1. The van der Waals surface area contributed by atoms with Crippen LogP contribution in [0.2, 0.25) is 0 Å². The summed E-state index contributed by atoms with van der Waals surface area (Å²) in [7, 11) is -3.89. The lowest BCUT2D eigenvalue weighted by molar-refractivity contribution is 0.180. The van der Waals surface area contributed by atoms with Crippen molar-refractivity contribution in [2.75, 3.05) is 69.7 Å². The first kappa shape index (κ1) is 29.5. The second kappa shape index (κ2) is 14.2.